The smallest absolute Gasteiger partial charge is 0.251 e. The van der Waals surface area contributed by atoms with Crippen LogP contribution in [0.3, 0.4) is 0 Å². The maximum absolute atomic E-state index is 12.3. The zero-order valence-corrected chi connectivity index (χ0v) is 13.1. The number of benzene rings is 2. The van der Waals surface area contributed by atoms with Crippen molar-refractivity contribution in [3.63, 3.8) is 0 Å². The highest BCUT2D eigenvalue weighted by molar-refractivity contribution is 6.33. The van der Waals surface area contributed by atoms with Crippen LogP contribution in [0.4, 0.5) is 5.69 Å². The Morgan fingerprint density at radius 2 is 2.00 bits per heavy atom. The number of hydrogen-bond acceptors (Lipinski definition) is 2. The highest BCUT2D eigenvalue weighted by Gasteiger charge is 2.15. The molecule has 5 heteroatoms. The third-order valence-electron chi connectivity index (χ3n) is 3.23. The van der Waals surface area contributed by atoms with Crippen LogP contribution in [-0.2, 0) is 0 Å². The molecule has 0 aliphatic rings. The molecule has 1 unspecified atom stereocenters. The lowest BCUT2D eigenvalue weighted by Crippen LogP contribution is -2.28. The van der Waals surface area contributed by atoms with E-state index in [-0.39, 0.29) is 11.9 Å². The monoisotopic (exact) mass is 322 g/mol. The second-order valence-corrected chi connectivity index (χ2v) is 5.57. The summed E-state index contributed by atoms with van der Waals surface area (Å²) in [4.78, 5) is 12.3. The van der Waals surface area contributed by atoms with Crippen molar-refractivity contribution in [2.45, 2.75) is 19.4 Å². The maximum Gasteiger partial charge on any atom is 0.251 e. The summed E-state index contributed by atoms with van der Waals surface area (Å²) in [5.41, 5.74) is 7.55. The molecule has 0 aliphatic carbocycles. The SMILES string of the molecule is CCC(NC(=O)c1ccc(N)c(Cl)c1)c1cccc(Cl)c1. The van der Waals surface area contributed by atoms with E-state index in [2.05, 4.69) is 5.32 Å². The molecule has 0 heterocycles. The van der Waals surface area contributed by atoms with Crippen LogP contribution in [0.2, 0.25) is 10.0 Å². The molecule has 0 aromatic heterocycles. The van der Waals surface area contributed by atoms with Gasteiger partial charge in [-0.3, -0.25) is 4.79 Å². The quantitative estimate of drug-likeness (QED) is 0.816. The number of hydrogen-bond donors (Lipinski definition) is 2. The molecule has 0 spiro atoms. The number of nitrogens with two attached hydrogens (primary N) is 1. The Morgan fingerprint density at radius 1 is 1.24 bits per heavy atom. The molecule has 0 bridgehead atoms. The first-order chi connectivity index (χ1) is 10.0. The average Bonchev–Trinajstić information content (AvgIpc) is 2.47. The Balaban J connectivity index is 2.18. The molecule has 0 saturated carbocycles. The van der Waals surface area contributed by atoms with Crippen molar-refractivity contribution in [2.24, 2.45) is 0 Å². The summed E-state index contributed by atoms with van der Waals surface area (Å²) >= 11 is 11.9. The zero-order chi connectivity index (χ0) is 15.4. The molecule has 0 aliphatic heterocycles. The van der Waals surface area contributed by atoms with E-state index < -0.39 is 0 Å². The molecule has 1 atom stereocenters. The molecule has 2 aromatic carbocycles. The second-order valence-electron chi connectivity index (χ2n) is 4.73. The van der Waals surface area contributed by atoms with Crippen molar-refractivity contribution >= 4 is 34.8 Å². The summed E-state index contributed by atoms with van der Waals surface area (Å²) in [6.45, 7) is 2.00. The van der Waals surface area contributed by atoms with Crippen LogP contribution in [0.1, 0.15) is 35.3 Å². The zero-order valence-electron chi connectivity index (χ0n) is 11.6. The van der Waals surface area contributed by atoms with Gasteiger partial charge in [-0.15, -0.1) is 0 Å². The van der Waals surface area contributed by atoms with E-state index in [4.69, 9.17) is 28.9 Å². The topological polar surface area (TPSA) is 55.1 Å². The maximum atomic E-state index is 12.3. The first kappa shape index (κ1) is 15.7. The highest BCUT2D eigenvalue weighted by Crippen LogP contribution is 2.23. The minimum atomic E-state index is -0.191. The third kappa shape index (κ3) is 3.90. The lowest BCUT2D eigenvalue weighted by Gasteiger charge is -2.18. The Hall–Kier alpha value is -1.71. The van der Waals surface area contributed by atoms with E-state index in [1.54, 1.807) is 24.3 Å². The van der Waals surface area contributed by atoms with Gasteiger partial charge in [-0.2, -0.15) is 0 Å². The average molecular weight is 323 g/mol. The van der Waals surface area contributed by atoms with Crippen LogP contribution in [0.25, 0.3) is 0 Å². The minimum absolute atomic E-state index is 0.104. The number of halogens is 2. The number of nitrogen functional groups attached to an aromatic ring is 1. The predicted octanol–water partition coefficient (Wildman–Crippen LogP) is 4.46. The van der Waals surface area contributed by atoms with Gasteiger partial charge in [0.1, 0.15) is 0 Å². The van der Waals surface area contributed by atoms with E-state index in [9.17, 15) is 4.79 Å². The van der Waals surface area contributed by atoms with Gasteiger partial charge >= 0.3 is 0 Å². The van der Waals surface area contributed by atoms with Gasteiger partial charge in [0.15, 0.2) is 0 Å². The van der Waals surface area contributed by atoms with Gasteiger partial charge in [-0.25, -0.2) is 0 Å². The van der Waals surface area contributed by atoms with Crippen LogP contribution < -0.4 is 11.1 Å². The van der Waals surface area contributed by atoms with Gasteiger partial charge < -0.3 is 11.1 Å². The molecule has 110 valence electrons. The van der Waals surface area contributed by atoms with Gasteiger partial charge in [-0.1, -0.05) is 42.3 Å². The first-order valence-electron chi connectivity index (χ1n) is 6.62. The Morgan fingerprint density at radius 3 is 2.62 bits per heavy atom. The number of carbonyl (C=O) groups is 1. The van der Waals surface area contributed by atoms with Crippen molar-refractivity contribution < 1.29 is 4.79 Å². The van der Waals surface area contributed by atoms with Crippen molar-refractivity contribution in [2.75, 3.05) is 5.73 Å². The van der Waals surface area contributed by atoms with Crippen molar-refractivity contribution in [3.8, 4) is 0 Å². The van der Waals surface area contributed by atoms with E-state index in [1.807, 2.05) is 25.1 Å². The number of nitrogens with one attached hydrogen (secondary N) is 1. The van der Waals surface area contributed by atoms with E-state index in [0.29, 0.717) is 21.3 Å². The van der Waals surface area contributed by atoms with Crippen LogP contribution in [0.5, 0.6) is 0 Å². The normalized spacial score (nSPS) is 12.0. The molecule has 2 aromatic rings. The summed E-state index contributed by atoms with van der Waals surface area (Å²) in [5.74, 6) is -0.191. The van der Waals surface area contributed by atoms with Crippen LogP contribution in [-0.4, -0.2) is 5.91 Å². The predicted molar refractivity (Wildman–Crippen MR) is 87.8 cm³/mol. The van der Waals surface area contributed by atoms with Gasteiger partial charge in [-0.05, 0) is 42.3 Å². The lowest BCUT2D eigenvalue weighted by atomic mass is 10.0. The largest absolute Gasteiger partial charge is 0.398 e. The van der Waals surface area contributed by atoms with E-state index in [1.165, 1.54) is 0 Å². The Bertz CT molecular complexity index is 658. The first-order valence-corrected chi connectivity index (χ1v) is 7.38. The van der Waals surface area contributed by atoms with Crippen molar-refractivity contribution in [3.05, 3.63) is 63.6 Å². The fourth-order valence-corrected chi connectivity index (χ4v) is 2.43. The van der Waals surface area contributed by atoms with Gasteiger partial charge in [0.25, 0.3) is 5.91 Å². The van der Waals surface area contributed by atoms with Crippen molar-refractivity contribution in [1.82, 2.24) is 5.32 Å². The molecular formula is C16H16Cl2N2O. The molecular weight excluding hydrogens is 307 g/mol. The number of rotatable bonds is 4. The lowest BCUT2D eigenvalue weighted by molar-refractivity contribution is 0.0935. The molecule has 3 N–H and O–H groups in total. The Labute approximate surface area is 134 Å². The van der Waals surface area contributed by atoms with Crippen LogP contribution in [0.15, 0.2) is 42.5 Å². The summed E-state index contributed by atoms with van der Waals surface area (Å²) < 4.78 is 0. The van der Waals surface area contributed by atoms with Crippen LogP contribution >= 0.6 is 23.2 Å². The highest BCUT2D eigenvalue weighted by atomic mass is 35.5. The van der Waals surface area contributed by atoms with Gasteiger partial charge in [0.05, 0.1) is 16.8 Å². The van der Waals surface area contributed by atoms with Crippen molar-refractivity contribution in [1.29, 1.82) is 0 Å². The molecule has 21 heavy (non-hydrogen) atoms. The molecule has 0 saturated heterocycles. The van der Waals surface area contributed by atoms with Crippen LogP contribution in [0, 0.1) is 0 Å². The van der Waals surface area contributed by atoms with Gasteiger partial charge in [0, 0.05) is 10.6 Å². The van der Waals surface area contributed by atoms with E-state index >= 15 is 0 Å². The van der Waals surface area contributed by atoms with Gasteiger partial charge in [0.2, 0.25) is 0 Å². The standard InChI is InChI=1S/C16H16Cl2N2O/c1-2-15(10-4-3-5-12(17)8-10)20-16(21)11-6-7-14(19)13(18)9-11/h3-9,15H,2,19H2,1H3,(H,20,21). The summed E-state index contributed by atoms with van der Waals surface area (Å²) in [6, 6.07) is 12.2. The Kier molecular flexibility index (Phi) is 5.10. The molecule has 3 nitrogen and oxygen atoms in total. The summed E-state index contributed by atoms with van der Waals surface area (Å²) in [7, 11) is 0. The fourth-order valence-electron chi connectivity index (χ4n) is 2.05. The number of carbonyl (C=O) groups excluding carboxylic acids is 1. The van der Waals surface area contributed by atoms with E-state index in [0.717, 1.165) is 12.0 Å². The summed E-state index contributed by atoms with van der Waals surface area (Å²) in [5, 5.41) is 4.00. The summed E-state index contributed by atoms with van der Waals surface area (Å²) in [6.07, 6.45) is 0.759. The molecule has 2 rings (SSSR count). The molecule has 1 amide bonds. The number of anilines is 1. The molecule has 0 radical (unpaired) electrons. The minimum Gasteiger partial charge on any atom is -0.398 e. The molecule has 0 fully saturated rings. The third-order valence-corrected chi connectivity index (χ3v) is 3.79. The second kappa shape index (κ2) is 6.83. The number of amides is 1. The fraction of sp³-hybridized carbons (Fsp3) is 0.188.